The SMILES string of the molecule is O=S(=O)(C(F)(F)F)C12CC[C@@H]3OC4(CCCCC4)O[C@@]31CC2. The molecule has 0 amide bonds. The first-order valence-corrected chi connectivity index (χ1v) is 9.35. The maximum absolute atomic E-state index is 13.1. The number of rotatable bonds is 1. The Labute approximate surface area is 127 Å². The predicted molar refractivity (Wildman–Crippen MR) is 70.7 cm³/mol. The Morgan fingerprint density at radius 1 is 0.955 bits per heavy atom. The molecule has 1 aliphatic heterocycles. The lowest BCUT2D eigenvalue weighted by atomic mass is 9.70. The molecule has 0 aromatic rings. The van der Waals surface area contributed by atoms with Gasteiger partial charge in [-0.1, -0.05) is 6.42 Å². The maximum Gasteiger partial charge on any atom is 0.498 e. The van der Waals surface area contributed by atoms with Gasteiger partial charge in [0, 0.05) is 12.8 Å². The molecule has 4 aliphatic rings. The lowest BCUT2D eigenvalue weighted by Gasteiger charge is -2.53. The van der Waals surface area contributed by atoms with Crippen molar-refractivity contribution >= 4 is 9.84 Å². The summed E-state index contributed by atoms with van der Waals surface area (Å²) < 4.78 is 74.1. The van der Waals surface area contributed by atoms with Gasteiger partial charge in [0.25, 0.3) is 9.84 Å². The molecule has 4 fully saturated rings. The Hall–Kier alpha value is -0.340. The third kappa shape index (κ3) is 1.54. The molecule has 0 N–H and O–H groups in total. The quantitative estimate of drug-likeness (QED) is 0.736. The summed E-state index contributed by atoms with van der Waals surface area (Å²) in [6.07, 6.45) is 4.31. The Morgan fingerprint density at radius 3 is 2.18 bits per heavy atom. The summed E-state index contributed by atoms with van der Waals surface area (Å²) in [4.78, 5) is 0. The van der Waals surface area contributed by atoms with Crippen molar-refractivity contribution in [2.24, 2.45) is 0 Å². The van der Waals surface area contributed by atoms with E-state index in [1.165, 1.54) is 0 Å². The summed E-state index contributed by atoms with van der Waals surface area (Å²) >= 11 is 0. The molecule has 22 heavy (non-hydrogen) atoms. The van der Waals surface area contributed by atoms with Gasteiger partial charge in [0.2, 0.25) is 0 Å². The van der Waals surface area contributed by atoms with Crippen LogP contribution in [0.1, 0.15) is 57.8 Å². The number of hydrogen-bond acceptors (Lipinski definition) is 4. The molecule has 3 aliphatic carbocycles. The van der Waals surface area contributed by atoms with E-state index in [0.29, 0.717) is 25.7 Å². The summed E-state index contributed by atoms with van der Waals surface area (Å²) in [5.41, 5.74) is -6.51. The summed E-state index contributed by atoms with van der Waals surface area (Å²) in [5, 5.41) is 0. The zero-order chi connectivity index (χ0) is 15.9. The van der Waals surface area contributed by atoms with Crippen LogP contribution in [0, 0.1) is 0 Å². The second-order valence-corrected chi connectivity index (χ2v) is 9.30. The molecule has 8 heteroatoms. The van der Waals surface area contributed by atoms with Crippen molar-refractivity contribution in [3.63, 3.8) is 0 Å². The summed E-state index contributed by atoms with van der Waals surface area (Å²) in [6, 6.07) is 0. The number of sulfone groups is 1. The van der Waals surface area contributed by atoms with E-state index in [1.807, 2.05) is 0 Å². The minimum atomic E-state index is -5.26. The highest BCUT2D eigenvalue weighted by molar-refractivity contribution is 7.93. The van der Waals surface area contributed by atoms with E-state index in [2.05, 4.69) is 0 Å². The molecule has 4 nitrogen and oxygen atoms in total. The van der Waals surface area contributed by atoms with Gasteiger partial charge in [-0.15, -0.1) is 0 Å². The van der Waals surface area contributed by atoms with Gasteiger partial charge in [-0.05, 0) is 38.5 Å². The minimum Gasteiger partial charge on any atom is -0.344 e. The number of halogens is 3. The lowest BCUT2D eigenvalue weighted by Crippen LogP contribution is -2.69. The first kappa shape index (κ1) is 15.2. The van der Waals surface area contributed by atoms with E-state index in [9.17, 15) is 21.6 Å². The van der Waals surface area contributed by atoms with E-state index in [0.717, 1.165) is 19.3 Å². The smallest absolute Gasteiger partial charge is 0.344 e. The fourth-order valence-electron chi connectivity index (χ4n) is 5.05. The Kier molecular flexibility index (Phi) is 2.89. The van der Waals surface area contributed by atoms with Gasteiger partial charge in [0.15, 0.2) is 5.79 Å². The number of alkyl halides is 3. The third-order valence-corrected chi connectivity index (χ3v) is 8.55. The minimum absolute atomic E-state index is 0.0183. The maximum atomic E-state index is 13.1. The third-order valence-electron chi connectivity index (χ3n) is 6.16. The Morgan fingerprint density at radius 2 is 1.64 bits per heavy atom. The zero-order valence-corrected chi connectivity index (χ0v) is 12.9. The van der Waals surface area contributed by atoms with Gasteiger partial charge in [0.1, 0.15) is 10.3 Å². The van der Waals surface area contributed by atoms with Crippen LogP contribution in [0.4, 0.5) is 13.2 Å². The monoisotopic (exact) mass is 340 g/mol. The van der Waals surface area contributed by atoms with Crippen LogP contribution in [-0.4, -0.2) is 36.2 Å². The highest BCUT2D eigenvalue weighted by Gasteiger charge is 2.82. The number of ether oxygens (including phenoxy) is 2. The molecule has 1 unspecified atom stereocenters. The topological polar surface area (TPSA) is 52.6 Å². The fraction of sp³-hybridized carbons (Fsp3) is 1.00. The molecule has 2 spiro atoms. The van der Waals surface area contributed by atoms with E-state index in [1.54, 1.807) is 0 Å². The molecule has 0 radical (unpaired) electrons. The van der Waals surface area contributed by atoms with Crippen molar-refractivity contribution < 1.29 is 31.1 Å². The largest absolute Gasteiger partial charge is 0.498 e. The molecule has 1 saturated heterocycles. The van der Waals surface area contributed by atoms with Crippen molar-refractivity contribution in [3.05, 3.63) is 0 Å². The molecule has 3 atom stereocenters. The predicted octanol–water partition coefficient (Wildman–Crippen LogP) is 3.06. The second-order valence-electron chi connectivity index (χ2n) is 7.05. The van der Waals surface area contributed by atoms with Gasteiger partial charge in [0.05, 0.1) is 6.10 Å². The molecular weight excluding hydrogens is 321 g/mol. The first-order valence-electron chi connectivity index (χ1n) is 7.87. The van der Waals surface area contributed by atoms with Crippen molar-refractivity contribution in [2.75, 3.05) is 0 Å². The standard InChI is InChI=1S/C14H19F3O4S/c15-14(16,17)22(18,19)11-7-4-10-13(11,9-8-11)21-12(20-10)5-2-1-3-6-12/h10H,1-9H2/t10-,11?,13-/m0/s1. The van der Waals surface area contributed by atoms with Crippen LogP contribution in [0.3, 0.4) is 0 Å². The number of hydrogen-bond donors (Lipinski definition) is 0. The normalized spacial score (nSPS) is 43.7. The Bertz CT molecular complexity index is 596. The molecule has 0 aromatic heterocycles. The summed E-state index contributed by atoms with van der Waals surface area (Å²) in [6.45, 7) is 0. The summed E-state index contributed by atoms with van der Waals surface area (Å²) in [5.74, 6) is -0.851. The Balaban J connectivity index is 1.73. The first-order chi connectivity index (χ1) is 10.2. The van der Waals surface area contributed by atoms with Crippen LogP contribution < -0.4 is 0 Å². The fourth-order valence-corrected chi connectivity index (χ4v) is 6.98. The van der Waals surface area contributed by atoms with Crippen LogP contribution >= 0.6 is 0 Å². The van der Waals surface area contributed by atoms with E-state index in [4.69, 9.17) is 9.47 Å². The van der Waals surface area contributed by atoms with E-state index >= 15 is 0 Å². The van der Waals surface area contributed by atoms with E-state index < -0.39 is 37.6 Å². The molecule has 0 bridgehead atoms. The van der Waals surface area contributed by atoms with E-state index in [-0.39, 0.29) is 12.8 Å². The molecule has 0 aromatic carbocycles. The van der Waals surface area contributed by atoms with Crippen molar-refractivity contribution in [2.45, 2.75) is 85.5 Å². The van der Waals surface area contributed by atoms with Gasteiger partial charge in [-0.25, -0.2) is 8.42 Å². The highest BCUT2D eigenvalue weighted by atomic mass is 32.2. The van der Waals surface area contributed by atoms with Crippen LogP contribution in [-0.2, 0) is 19.3 Å². The van der Waals surface area contributed by atoms with Crippen molar-refractivity contribution in [1.29, 1.82) is 0 Å². The van der Waals surface area contributed by atoms with Gasteiger partial charge >= 0.3 is 5.51 Å². The molecule has 3 saturated carbocycles. The van der Waals surface area contributed by atoms with Crippen LogP contribution in [0.2, 0.25) is 0 Å². The van der Waals surface area contributed by atoms with Gasteiger partial charge in [-0.2, -0.15) is 13.2 Å². The van der Waals surface area contributed by atoms with Crippen molar-refractivity contribution in [1.82, 2.24) is 0 Å². The molecule has 1 heterocycles. The average molecular weight is 340 g/mol. The van der Waals surface area contributed by atoms with Crippen LogP contribution in [0.15, 0.2) is 0 Å². The molecule has 126 valence electrons. The summed E-state index contributed by atoms with van der Waals surface area (Å²) in [7, 11) is -5.26. The second kappa shape index (κ2) is 4.19. The lowest BCUT2D eigenvalue weighted by molar-refractivity contribution is -0.229. The average Bonchev–Trinajstić information content (AvgIpc) is 2.83. The van der Waals surface area contributed by atoms with Crippen molar-refractivity contribution in [3.8, 4) is 0 Å². The zero-order valence-electron chi connectivity index (χ0n) is 12.1. The van der Waals surface area contributed by atoms with Gasteiger partial charge < -0.3 is 9.47 Å². The van der Waals surface area contributed by atoms with Crippen LogP contribution in [0.25, 0.3) is 0 Å². The van der Waals surface area contributed by atoms with Crippen LogP contribution in [0.5, 0.6) is 0 Å². The molecular formula is C14H19F3O4S. The van der Waals surface area contributed by atoms with Gasteiger partial charge in [-0.3, -0.25) is 0 Å². The molecule has 4 rings (SSSR count). The highest BCUT2D eigenvalue weighted by Crippen LogP contribution is 2.68.